The van der Waals surface area contributed by atoms with Crippen molar-refractivity contribution in [3.05, 3.63) is 12.2 Å². The minimum Gasteiger partial charge on any atom is -0.340 e. The molecule has 0 saturated heterocycles. The molecule has 0 saturated carbocycles. The van der Waals surface area contributed by atoms with E-state index in [-0.39, 0.29) is 5.91 Å². The van der Waals surface area contributed by atoms with Gasteiger partial charge in [0.15, 0.2) is 0 Å². The highest BCUT2D eigenvalue weighted by Gasteiger charge is 1.97. The van der Waals surface area contributed by atoms with Gasteiger partial charge in [-0.2, -0.15) is 0 Å². The number of carbonyl (C=O) groups excluding carboxylic acids is 1. The van der Waals surface area contributed by atoms with E-state index in [1.165, 1.54) is 0 Å². The van der Waals surface area contributed by atoms with Gasteiger partial charge in [0, 0.05) is 5.57 Å². The summed E-state index contributed by atoms with van der Waals surface area (Å²) in [6.45, 7) is 8.74. The van der Waals surface area contributed by atoms with E-state index in [1.807, 2.05) is 0 Å². The monoisotopic (exact) mass is 156 g/mol. The van der Waals surface area contributed by atoms with Crippen LogP contribution in [0.5, 0.6) is 0 Å². The van der Waals surface area contributed by atoms with Gasteiger partial charge in [0.1, 0.15) is 0 Å². The van der Waals surface area contributed by atoms with Crippen LogP contribution in [-0.4, -0.2) is 19.1 Å². The van der Waals surface area contributed by atoms with E-state index in [0.29, 0.717) is 12.2 Å². The minimum absolute atomic E-state index is 0.0893. The Balaban J connectivity index is 3.25. The molecule has 0 aromatic carbocycles. The van der Waals surface area contributed by atoms with Crippen LogP contribution in [0.2, 0.25) is 0 Å². The molecule has 0 aromatic rings. The molecule has 11 heavy (non-hydrogen) atoms. The summed E-state index contributed by atoms with van der Waals surface area (Å²) in [7, 11) is 0. The standard InChI is InChI=1S/C8H16N2O/c1-4-5-9-6-10-8(11)7(2)3/h9H,2,4-6H2,1,3H3,(H,10,11). The fourth-order valence-corrected chi connectivity index (χ4v) is 0.559. The van der Waals surface area contributed by atoms with Gasteiger partial charge in [-0.3, -0.25) is 10.1 Å². The molecule has 0 aromatic heterocycles. The molecule has 3 heteroatoms. The van der Waals surface area contributed by atoms with Crippen LogP contribution in [0.4, 0.5) is 0 Å². The van der Waals surface area contributed by atoms with Gasteiger partial charge in [0.2, 0.25) is 5.91 Å². The van der Waals surface area contributed by atoms with Crippen LogP contribution in [0.3, 0.4) is 0 Å². The van der Waals surface area contributed by atoms with Gasteiger partial charge in [-0.15, -0.1) is 0 Å². The van der Waals surface area contributed by atoms with Gasteiger partial charge < -0.3 is 5.32 Å². The lowest BCUT2D eigenvalue weighted by Gasteiger charge is -2.04. The predicted octanol–water partition coefficient (Wildman–Crippen LogP) is 0.636. The van der Waals surface area contributed by atoms with Crippen molar-refractivity contribution in [2.75, 3.05) is 13.2 Å². The summed E-state index contributed by atoms with van der Waals surface area (Å²) in [6, 6.07) is 0. The second-order valence-electron chi connectivity index (χ2n) is 2.46. The van der Waals surface area contributed by atoms with E-state index < -0.39 is 0 Å². The number of amides is 1. The quantitative estimate of drug-likeness (QED) is 0.348. The largest absolute Gasteiger partial charge is 0.340 e. The summed E-state index contributed by atoms with van der Waals surface area (Å²) in [5, 5.41) is 5.72. The van der Waals surface area contributed by atoms with Crippen molar-refractivity contribution < 1.29 is 4.79 Å². The average molecular weight is 156 g/mol. The van der Waals surface area contributed by atoms with Gasteiger partial charge in [-0.25, -0.2) is 0 Å². The summed E-state index contributed by atoms with van der Waals surface area (Å²) in [5.41, 5.74) is 0.545. The summed E-state index contributed by atoms with van der Waals surface area (Å²) in [5.74, 6) is -0.0893. The Hall–Kier alpha value is -0.830. The molecule has 0 fully saturated rings. The third kappa shape index (κ3) is 5.61. The zero-order valence-electron chi connectivity index (χ0n) is 7.24. The fraction of sp³-hybridized carbons (Fsp3) is 0.625. The Labute approximate surface area is 67.9 Å². The van der Waals surface area contributed by atoms with Crippen molar-refractivity contribution in [3.8, 4) is 0 Å². The van der Waals surface area contributed by atoms with Crippen LogP contribution in [0.25, 0.3) is 0 Å². The number of rotatable bonds is 5. The van der Waals surface area contributed by atoms with Gasteiger partial charge >= 0.3 is 0 Å². The third-order valence-corrected chi connectivity index (χ3v) is 1.19. The molecule has 0 rings (SSSR count). The maximum atomic E-state index is 10.9. The molecular weight excluding hydrogens is 140 g/mol. The lowest BCUT2D eigenvalue weighted by molar-refractivity contribution is -0.117. The van der Waals surface area contributed by atoms with Crippen molar-refractivity contribution >= 4 is 5.91 Å². The van der Waals surface area contributed by atoms with Crippen LogP contribution in [-0.2, 0) is 4.79 Å². The van der Waals surface area contributed by atoms with Crippen LogP contribution in [0, 0.1) is 0 Å². The lowest BCUT2D eigenvalue weighted by Crippen LogP contribution is -2.34. The van der Waals surface area contributed by atoms with Crippen molar-refractivity contribution in [2.24, 2.45) is 0 Å². The minimum atomic E-state index is -0.0893. The summed E-state index contributed by atoms with van der Waals surface area (Å²) < 4.78 is 0. The molecule has 0 unspecified atom stereocenters. The van der Waals surface area contributed by atoms with Crippen LogP contribution in [0.1, 0.15) is 20.3 Å². The topological polar surface area (TPSA) is 41.1 Å². The number of hydrogen-bond acceptors (Lipinski definition) is 2. The van der Waals surface area contributed by atoms with Crippen molar-refractivity contribution in [3.63, 3.8) is 0 Å². The van der Waals surface area contributed by atoms with Crippen LogP contribution < -0.4 is 10.6 Å². The average Bonchev–Trinajstić information content (AvgIpc) is 1.97. The zero-order chi connectivity index (χ0) is 8.69. The highest BCUT2D eigenvalue weighted by atomic mass is 16.1. The van der Waals surface area contributed by atoms with E-state index in [4.69, 9.17) is 0 Å². The molecule has 3 nitrogen and oxygen atoms in total. The lowest BCUT2D eigenvalue weighted by atomic mass is 10.3. The van der Waals surface area contributed by atoms with Gasteiger partial charge in [0.05, 0.1) is 6.67 Å². The fourth-order valence-electron chi connectivity index (χ4n) is 0.559. The molecule has 0 aliphatic rings. The van der Waals surface area contributed by atoms with Crippen molar-refractivity contribution in [1.29, 1.82) is 0 Å². The highest BCUT2D eigenvalue weighted by Crippen LogP contribution is 1.83. The summed E-state index contributed by atoms with van der Waals surface area (Å²) in [4.78, 5) is 10.9. The molecule has 0 spiro atoms. The number of carbonyl (C=O) groups is 1. The Morgan fingerprint density at radius 3 is 2.64 bits per heavy atom. The first-order chi connectivity index (χ1) is 5.18. The first kappa shape index (κ1) is 10.2. The molecular formula is C8H16N2O. The van der Waals surface area contributed by atoms with E-state index >= 15 is 0 Å². The van der Waals surface area contributed by atoms with E-state index in [0.717, 1.165) is 13.0 Å². The molecule has 0 atom stereocenters. The third-order valence-electron chi connectivity index (χ3n) is 1.19. The van der Waals surface area contributed by atoms with Crippen molar-refractivity contribution in [2.45, 2.75) is 20.3 Å². The van der Waals surface area contributed by atoms with E-state index in [1.54, 1.807) is 6.92 Å². The molecule has 0 aliphatic heterocycles. The Morgan fingerprint density at radius 2 is 2.18 bits per heavy atom. The Morgan fingerprint density at radius 1 is 1.55 bits per heavy atom. The van der Waals surface area contributed by atoms with Crippen LogP contribution >= 0.6 is 0 Å². The molecule has 0 heterocycles. The summed E-state index contributed by atoms with van der Waals surface area (Å²) in [6.07, 6.45) is 1.07. The first-order valence-corrected chi connectivity index (χ1v) is 3.83. The first-order valence-electron chi connectivity index (χ1n) is 3.83. The molecule has 0 bridgehead atoms. The Kier molecular flexibility index (Phi) is 5.47. The van der Waals surface area contributed by atoms with E-state index in [9.17, 15) is 4.79 Å². The SMILES string of the molecule is C=C(C)C(=O)NCNCCC. The molecule has 0 radical (unpaired) electrons. The van der Waals surface area contributed by atoms with Crippen LogP contribution in [0.15, 0.2) is 12.2 Å². The maximum absolute atomic E-state index is 10.9. The normalized spacial score (nSPS) is 9.27. The molecule has 64 valence electrons. The number of hydrogen-bond donors (Lipinski definition) is 2. The van der Waals surface area contributed by atoms with Gasteiger partial charge in [-0.1, -0.05) is 13.5 Å². The van der Waals surface area contributed by atoms with Crippen molar-refractivity contribution in [1.82, 2.24) is 10.6 Å². The second-order valence-corrected chi connectivity index (χ2v) is 2.46. The molecule has 0 aliphatic carbocycles. The van der Waals surface area contributed by atoms with Gasteiger partial charge in [-0.05, 0) is 19.9 Å². The predicted molar refractivity (Wildman–Crippen MR) is 46.1 cm³/mol. The zero-order valence-corrected chi connectivity index (χ0v) is 7.24. The second kappa shape index (κ2) is 5.92. The smallest absolute Gasteiger partial charge is 0.247 e. The van der Waals surface area contributed by atoms with Gasteiger partial charge in [0.25, 0.3) is 0 Å². The highest BCUT2D eigenvalue weighted by molar-refractivity contribution is 5.91. The Bertz CT molecular complexity index is 143. The molecule has 2 N–H and O–H groups in total. The molecule has 1 amide bonds. The number of nitrogens with one attached hydrogen (secondary N) is 2. The summed E-state index contributed by atoms with van der Waals surface area (Å²) >= 11 is 0. The maximum Gasteiger partial charge on any atom is 0.247 e. The van der Waals surface area contributed by atoms with E-state index in [2.05, 4.69) is 24.1 Å².